The lowest BCUT2D eigenvalue weighted by atomic mass is 10.0. The standard InChI is InChI=1S/C18H17FN2O2S/c1-4-23-18(22)17-21-15-13(10(2)3)9-14(20-16(15)24-17)11-5-7-12(19)8-6-11/h5-10H,4H2,1-3H3. The lowest BCUT2D eigenvalue weighted by Gasteiger charge is -2.09. The third kappa shape index (κ3) is 3.14. The van der Waals surface area contributed by atoms with Gasteiger partial charge in [-0.15, -0.1) is 0 Å². The number of pyridine rings is 1. The fourth-order valence-corrected chi connectivity index (χ4v) is 3.29. The van der Waals surface area contributed by atoms with Crippen molar-refractivity contribution in [2.45, 2.75) is 26.7 Å². The number of rotatable bonds is 4. The Kier molecular flexibility index (Phi) is 4.57. The molecule has 0 radical (unpaired) electrons. The molecule has 3 aromatic rings. The highest BCUT2D eigenvalue weighted by molar-refractivity contribution is 7.19. The molecule has 0 spiro atoms. The number of ether oxygens (including phenoxy) is 1. The second-order valence-corrected chi connectivity index (χ2v) is 6.63. The molecule has 2 aromatic heterocycles. The van der Waals surface area contributed by atoms with Crippen molar-refractivity contribution >= 4 is 27.7 Å². The van der Waals surface area contributed by atoms with Crippen LogP contribution in [0.15, 0.2) is 30.3 Å². The van der Waals surface area contributed by atoms with Gasteiger partial charge in [0.1, 0.15) is 16.2 Å². The number of thiazole rings is 1. The van der Waals surface area contributed by atoms with Crippen molar-refractivity contribution < 1.29 is 13.9 Å². The summed E-state index contributed by atoms with van der Waals surface area (Å²) in [6.45, 7) is 6.19. The number of hydrogen-bond acceptors (Lipinski definition) is 5. The molecule has 0 amide bonds. The summed E-state index contributed by atoms with van der Waals surface area (Å²) in [5.41, 5.74) is 3.30. The predicted molar refractivity (Wildman–Crippen MR) is 92.9 cm³/mol. The van der Waals surface area contributed by atoms with Crippen molar-refractivity contribution in [3.63, 3.8) is 0 Å². The molecule has 0 aliphatic rings. The van der Waals surface area contributed by atoms with E-state index in [1.807, 2.05) is 6.07 Å². The molecule has 0 saturated heterocycles. The van der Waals surface area contributed by atoms with Crippen LogP contribution in [0, 0.1) is 5.82 Å². The summed E-state index contributed by atoms with van der Waals surface area (Å²) in [6.07, 6.45) is 0. The second kappa shape index (κ2) is 6.65. The number of carbonyl (C=O) groups excluding carboxylic acids is 1. The topological polar surface area (TPSA) is 52.1 Å². The summed E-state index contributed by atoms with van der Waals surface area (Å²) >= 11 is 1.22. The number of aromatic nitrogens is 2. The number of fused-ring (bicyclic) bond motifs is 1. The number of hydrogen-bond donors (Lipinski definition) is 0. The van der Waals surface area contributed by atoms with E-state index in [1.165, 1.54) is 23.5 Å². The minimum atomic E-state index is -0.432. The Hall–Kier alpha value is -2.34. The summed E-state index contributed by atoms with van der Waals surface area (Å²) < 4.78 is 18.2. The molecule has 0 aliphatic heterocycles. The van der Waals surface area contributed by atoms with Crippen LogP contribution in [-0.4, -0.2) is 22.5 Å². The van der Waals surface area contributed by atoms with Gasteiger partial charge in [-0.25, -0.2) is 19.2 Å². The quantitative estimate of drug-likeness (QED) is 0.638. The van der Waals surface area contributed by atoms with E-state index in [2.05, 4.69) is 23.8 Å². The van der Waals surface area contributed by atoms with Gasteiger partial charge in [-0.1, -0.05) is 25.2 Å². The molecule has 0 fully saturated rings. The van der Waals surface area contributed by atoms with Gasteiger partial charge in [-0.2, -0.15) is 0 Å². The highest BCUT2D eigenvalue weighted by Gasteiger charge is 2.19. The van der Waals surface area contributed by atoms with E-state index in [-0.39, 0.29) is 11.7 Å². The van der Waals surface area contributed by atoms with E-state index < -0.39 is 5.97 Å². The van der Waals surface area contributed by atoms with E-state index in [0.717, 1.165) is 22.3 Å². The smallest absolute Gasteiger partial charge is 0.367 e. The molecule has 4 nitrogen and oxygen atoms in total. The first-order valence-corrected chi connectivity index (χ1v) is 8.55. The van der Waals surface area contributed by atoms with Crippen LogP contribution >= 0.6 is 11.3 Å². The Bertz CT molecular complexity index is 888. The molecule has 124 valence electrons. The fraction of sp³-hybridized carbons (Fsp3) is 0.278. The van der Waals surface area contributed by atoms with E-state index in [4.69, 9.17) is 4.74 Å². The van der Waals surface area contributed by atoms with E-state index >= 15 is 0 Å². The predicted octanol–water partition coefficient (Wildman–Crippen LogP) is 4.80. The molecule has 0 atom stereocenters. The summed E-state index contributed by atoms with van der Waals surface area (Å²) in [5, 5.41) is 0.303. The summed E-state index contributed by atoms with van der Waals surface area (Å²) in [7, 11) is 0. The molecule has 0 N–H and O–H groups in total. The van der Waals surface area contributed by atoms with Crippen molar-refractivity contribution in [3.05, 3.63) is 46.7 Å². The average Bonchev–Trinajstić information content (AvgIpc) is 2.98. The number of esters is 1. The van der Waals surface area contributed by atoms with Crippen molar-refractivity contribution in [1.29, 1.82) is 0 Å². The molecule has 0 aliphatic carbocycles. The van der Waals surface area contributed by atoms with Crippen LogP contribution in [0.25, 0.3) is 21.6 Å². The van der Waals surface area contributed by atoms with Crippen LogP contribution in [0.1, 0.15) is 42.1 Å². The van der Waals surface area contributed by atoms with Crippen LogP contribution in [0.2, 0.25) is 0 Å². The molecule has 6 heteroatoms. The highest BCUT2D eigenvalue weighted by Crippen LogP contribution is 2.32. The Morgan fingerprint density at radius 2 is 1.96 bits per heavy atom. The van der Waals surface area contributed by atoms with Gasteiger partial charge in [-0.3, -0.25) is 0 Å². The molecule has 0 unspecified atom stereocenters. The maximum Gasteiger partial charge on any atom is 0.367 e. The zero-order valence-electron chi connectivity index (χ0n) is 13.7. The first kappa shape index (κ1) is 16.5. The summed E-state index contributed by atoms with van der Waals surface area (Å²) in [4.78, 5) is 21.7. The van der Waals surface area contributed by atoms with Crippen LogP contribution in [0.3, 0.4) is 0 Å². The van der Waals surface area contributed by atoms with Crippen LogP contribution < -0.4 is 0 Å². The van der Waals surface area contributed by atoms with Gasteiger partial charge >= 0.3 is 5.97 Å². The maximum atomic E-state index is 13.1. The zero-order chi connectivity index (χ0) is 17.3. The summed E-state index contributed by atoms with van der Waals surface area (Å²) in [5.74, 6) is -0.503. The molecular weight excluding hydrogens is 327 g/mol. The Labute approximate surface area is 143 Å². The largest absolute Gasteiger partial charge is 0.461 e. The molecule has 0 bridgehead atoms. The number of carbonyl (C=O) groups is 1. The van der Waals surface area contributed by atoms with E-state index in [0.29, 0.717) is 16.4 Å². The third-order valence-electron chi connectivity index (χ3n) is 3.61. The zero-order valence-corrected chi connectivity index (χ0v) is 14.5. The SMILES string of the molecule is CCOC(=O)c1nc2c(C(C)C)cc(-c3ccc(F)cc3)nc2s1. The Morgan fingerprint density at radius 1 is 1.25 bits per heavy atom. The van der Waals surface area contributed by atoms with E-state index in [1.54, 1.807) is 19.1 Å². The molecule has 1 aromatic carbocycles. The molecule has 3 rings (SSSR count). The maximum absolute atomic E-state index is 13.1. The van der Waals surface area contributed by atoms with Gasteiger partial charge in [0.2, 0.25) is 5.01 Å². The normalized spacial score (nSPS) is 11.2. The van der Waals surface area contributed by atoms with Crippen molar-refractivity contribution in [3.8, 4) is 11.3 Å². The van der Waals surface area contributed by atoms with Crippen LogP contribution in [-0.2, 0) is 4.74 Å². The van der Waals surface area contributed by atoms with Gasteiger partial charge < -0.3 is 4.74 Å². The second-order valence-electron chi connectivity index (χ2n) is 5.65. The van der Waals surface area contributed by atoms with Crippen molar-refractivity contribution in [2.24, 2.45) is 0 Å². The van der Waals surface area contributed by atoms with Crippen LogP contribution in [0.5, 0.6) is 0 Å². The van der Waals surface area contributed by atoms with Crippen molar-refractivity contribution in [1.82, 2.24) is 9.97 Å². The molecule has 2 heterocycles. The lowest BCUT2D eigenvalue weighted by Crippen LogP contribution is -2.03. The average molecular weight is 344 g/mol. The Morgan fingerprint density at radius 3 is 2.58 bits per heavy atom. The minimum absolute atomic E-state index is 0.215. The highest BCUT2D eigenvalue weighted by atomic mass is 32.1. The molecule has 24 heavy (non-hydrogen) atoms. The Balaban J connectivity index is 2.15. The van der Waals surface area contributed by atoms with Gasteiger partial charge in [0.05, 0.1) is 12.3 Å². The number of nitrogens with zero attached hydrogens (tertiary/aromatic N) is 2. The monoisotopic (exact) mass is 344 g/mol. The van der Waals surface area contributed by atoms with Crippen molar-refractivity contribution in [2.75, 3.05) is 6.61 Å². The summed E-state index contributed by atoms with van der Waals surface area (Å²) in [6, 6.07) is 8.16. The van der Waals surface area contributed by atoms with Gasteiger partial charge in [0, 0.05) is 5.56 Å². The van der Waals surface area contributed by atoms with Gasteiger partial charge in [0.15, 0.2) is 0 Å². The molecular formula is C18H17FN2O2S. The van der Waals surface area contributed by atoms with Gasteiger partial charge in [-0.05, 0) is 48.7 Å². The lowest BCUT2D eigenvalue weighted by molar-refractivity contribution is 0.0526. The van der Waals surface area contributed by atoms with Gasteiger partial charge in [0.25, 0.3) is 0 Å². The minimum Gasteiger partial charge on any atom is -0.461 e. The third-order valence-corrected chi connectivity index (χ3v) is 4.54. The number of benzene rings is 1. The first-order valence-electron chi connectivity index (χ1n) is 7.74. The number of halogens is 1. The van der Waals surface area contributed by atoms with Crippen LogP contribution in [0.4, 0.5) is 4.39 Å². The first-order chi connectivity index (χ1) is 11.5. The molecule has 0 saturated carbocycles. The van der Waals surface area contributed by atoms with E-state index in [9.17, 15) is 9.18 Å². The fourth-order valence-electron chi connectivity index (χ4n) is 2.42.